The van der Waals surface area contributed by atoms with Gasteiger partial charge in [0.15, 0.2) is 5.82 Å². The average Bonchev–Trinajstić information content (AvgIpc) is 2.82. The number of nitrogens with zero attached hydrogens (tertiary/aromatic N) is 2. The van der Waals surface area contributed by atoms with Crippen molar-refractivity contribution in [2.75, 3.05) is 10.6 Å². The van der Waals surface area contributed by atoms with Gasteiger partial charge in [0, 0.05) is 23.0 Å². The van der Waals surface area contributed by atoms with Gasteiger partial charge in [-0.3, -0.25) is 9.59 Å². The zero-order chi connectivity index (χ0) is 22.5. The summed E-state index contributed by atoms with van der Waals surface area (Å²) in [4.78, 5) is 34.0. The summed E-state index contributed by atoms with van der Waals surface area (Å²) in [5.74, 6) is -0.0986. The van der Waals surface area contributed by atoms with Gasteiger partial charge in [-0.1, -0.05) is 60.1 Å². The monoisotopic (exact) mass is 442 g/mol. The number of hydrogen-bond acceptors (Lipinski definition) is 4. The third-order valence-corrected chi connectivity index (χ3v) is 5.09. The third-order valence-electron chi connectivity index (χ3n) is 4.76. The highest BCUT2D eigenvalue weighted by atomic mass is 35.5. The molecule has 1 aromatic heterocycles. The largest absolute Gasteiger partial charge is 0.322 e. The molecule has 0 aliphatic heterocycles. The molecule has 0 aliphatic carbocycles. The summed E-state index contributed by atoms with van der Waals surface area (Å²) >= 11 is 6.23. The number of carbonyl (C=O) groups excluding carboxylic acids is 2. The van der Waals surface area contributed by atoms with Crippen LogP contribution >= 0.6 is 11.6 Å². The molecular formula is C25H19ClN4O2. The van der Waals surface area contributed by atoms with Crippen molar-refractivity contribution in [3.63, 3.8) is 0 Å². The zero-order valence-electron chi connectivity index (χ0n) is 17.2. The number of aromatic nitrogens is 2. The van der Waals surface area contributed by atoms with Gasteiger partial charge in [-0.2, -0.15) is 0 Å². The van der Waals surface area contributed by atoms with Crippen LogP contribution in [0.25, 0.3) is 11.4 Å². The number of halogens is 1. The van der Waals surface area contributed by atoms with E-state index in [1.807, 2.05) is 36.4 Å². The van der Waals surface area contributed by atoms with Crippen molar-refractivity contribution in [2.45, 2.75) is 6.92 Å². The molecule has 4 rings (SSSR count). The smallest absolute Gasteiger partial charge is 0.259 e. The van der Waals surface area contributed by atoms with Crippen molar-refractivity contribution < 1.29 is 9.59 Å². The second-order valence-electron chi connectivity index (χ2n) is 7.03. The number of benzene rings is 3. The van der Waals surface area contributed by atoms with Gasteiger partial charge in [0.1, 0.15) is 0 Å². The normalized spacial score (nSPS) is 10.4. The molecule has 2 N–H and O–H groups in total. The maximum atomic E-state index is 12.8. The summed E-state index contributed by atoms with van der Waals surface area (Å²) in [6, 6.07) is 23.2. The van der Waals surface area contributed by atoms with E-state index in [1.54, 1.807) is 49.4 Å². The number of rotatable bonds is 5. The number of nitrogens with one attached hydrogen (secondary N) is 2. The van der Waals surface area contributed by atoms with E-state index >= 15 is 0 Å². The summed E-state index contributed by atoms with van der Waals surface area (Å²) in [7, 11) is 0. The molecule has 0 fully saturated rings. The Morgan fingerprint density at radius 1 is 0.844 bits per heavy atom. The Kier molecular flexibility index (Phi) is 6.24. The van der Waals surface area contributed by atoms with Gasteiger partial charge >= 0.3 is 0 Å². The zero-order valence-corrected chi connectivity index (χ0v) is 17.9. The van der Waals surface area contributed by atoms with E-state index in [0.717, 1.165) is 5.56 Å². The highest BCUT2D eigenvalue weighted by Crippen LogP contribution is 2.27. The highest BCUT2D eigenvalue weighted by Gasteiger charge is 2.14. The summed E-state index contributed by atoms with van der Waals surface area (Å²) in [6.45, 7) is 1.76. The summed E-state index contributed by atoms with van der Waals surface area (Å²) < 4.78 is 0. The van der Waals surface area contributed by atoms with Crippen molar-refractivity contribution in [3.8, 4) is 11.4 Å². The number of aryl methyl sites for hydroxylation is 1. The average molecular weight is 443 g/mol. The van der Waals surface area contributed by atoms with E-state index in [9.17, 15) is 9.59 Å². The van der Waals surface area contributed by atoms with Gasteiger partial charge in [-0.05, 0) is 37.3 Å². The molecule has 0 spiro atoms. The van der Waals surface area contributed by atoms with Crippen molar-refractivity contribution in [3.05, 3.63) is 107 Å². The lowest BCUT2D eigenvalue weighted by atomic mass is 10.1. The fraction of sp³-hybridized carbons (Fsp3) is 0.0400. The fourth-order valence-corrected chi connectivity index (χ4v) is 3.26. The Hall–Kier alpha value is -4.03. The lowest BCUT2D eigenvalue weighted by Crippen LogP contribution is -2.16. The van der Waals surface area contributed by atoms with Crippen LogP contribution in [0.2, 0.25) is 5.02 Å². The van der Waals surface area contributed by atoms with E-state index in [0.29, 0.717) is 39.0 Å². The molecule has 0 bridgehead atoms. The van der Waals surface area contributed by atoms with Gasteiger partial charge in [-0.15, -0.1) is 0 Å². The molecule has 32 heavy (non-hydrogen) atoms. The molecule has 1 heterocycles. The molecule has 158 valence electrons. The first-order valence-corrected chi connectivity index (χ1v) is 10.3. The number of hydrogen-bond donors (Lipinski definition) is 2. The molecule has 6 nitrogen and oxygen atoms in total. The molecule has 2 amide bonds. The Balaban J connectivity index is 1.51. The van der Waals surface area contributed by atoms with Crippen molar-refractivity contribution in [2.24, 2.45) is 0 Å². The first-order valence-electron chi connectivity index (χ1n) is 9.87. The van der Waals surface area contributed by atoms with Crippen LogP contribution in [0.4, 0.5) is 11.4 Å². The predicted octanol–water partition coefficient (Wildman–Crippen LogP) is 5.61. The van der Waals surface area contributed by atoms with Crippen LogP contribution in [0, 0.1) is 6.92 Å². The van der Waals surface area contributed by atoms with Crippen LogP contribution in [0.1, 0.15) is 26.4 Å². The highest BCUT2D eigenvalue weighted by molar-refractivity contribution is 6.34. The standard InChI is InChI=1S/C25H19ClN4O2/c1-16-20(15-27-23(28-16)17-8-4-2-5-9-17)25(32)29-19-12-13-21(26)22(14-19)30-24(31)18-10-6-3-7-11-18/h2-15H,1H3,(H,29,32)(H,30,31). The summed E-state index contributed by atoms with van der Waals surface area (Å²) in [5, 5.41) is 5.94. The van der Waals surface area contributed by atoms with Gasteiger partial charge in [0.25, 0.3) is 11.8 Å². The number of carbonyl (C=O) groups is 2. The molecule has 0 aliphatic rings. The van der Waals surface area contributed by atoms with Crippen molar-refractivity contribution >= 4 is 34.8 Å². The van der Waals surface area contributed by atoms with Crippen molar-refractivity contribution in [1.82, 2.24) is 9.97 Å². The lowest BCUT2D eigenvalue weighted by molar-refractivity contribution is 0.101. The molecule has 4 aromatic rings. The fourth-order valence-electron chi connectivity index (χ4n) is 3.10. The van der Waals surface area contributed by atoms with E-state index in [1.165, 1.54) is 6.20 Å². The molecule has 0 saturated carbocycles. The van der Waals surface area contributed by atoms with Crippen LogP contribution in [0.15, 0.2) is 85.1 Å². The Morgan fingerprint density at radius 3 is 2.22 bits per heavy atom. The van der Waals surface area contributed by atoms with Crippen LogP contribution in [0.3, 0.4) is 0 Å². The first kappa shape index (κ1) is 21.2. The third kappa shape index (κ3) is 4.82. The van der Waals surface area contributed by atoms with Crippen LogP contribution < -0.4 is 10.6 Å². The minimum atomic E-state index is -0.357. The van der Waals surface area contributed by atoms with E-state index < -0.39 is 0 Å². The minimum absolute atomic E-state index is 0.295. The number of anilines is 2. The quantitative estimate of drug-likeness (QED) is 0.420. The summed E-state index contributed by atoms with van der Waals surface area (Å²) in [5.41, 5.74) is 3.17. The van der Waals surface area contributed by atoms with Crippen LogP contribution in [-0.2, 0) is 0 Å². The first-order chi connectivity index (χ1) is 15.5. The maximum Gasteiger partial charge on any atom is 0.259 e. The maximum absolute atomic E-state index is 12.8. The molecular weight excluding hydrogens is 424 g/mol. The van der Waals surface area contributed by atoms with E-state index in [2.05, 4.69) is 20.6 Å². The molecule has 3 aromatic carbocycles. The van der Waals surface area contributed by atoms with E-state index in [4.69, 9.17) is 11.6 Å². The van der Waals surface area contributed by atoms with E-state index in [-0.39, 0.29) is 11.8 Å². The molecule has 0 saturated heterocycles. The summed E-state index contributed by atoms with van der Waals surface area (Å²) in [6.07, 6.45) is 1.51. The van der Waals surface area contributed by atoms with Crippen LogP contribution in [0.5, 0.6) is 0 Å². The second-order valence-corrected chi connectivity index (χ2v) is 7.43. The molecule has 0 radical (unpaired) electrons. The Labute approximate surface area is 190 Å². The minimum Gasteiger partial charge on any atom is -0.322 e. The topological polar surface area (TPSA) is 84.0 Å². The predicted molar refractivity (Wildman–Crippen MR) is 126 cm³/mol. The Bertz CT molecular complexity index is 1280. The molecule has 0 atom stereocenters. The van der Waals surface area contributed by atoms with Gasteiger partial charge < -0.3 is 10.6 Å². The van der Waals surface area contributed by atoms with Gasteiger partial charge in [0.05, 0.1) is 22.0 Å². The van der Waals surface area contributed by atoms with Crippen LogP contribution in [-0.4, -0.2) is 21.8 Å². The van der Waals surface area contributed by atoms with Crippen molar-refractivity contribution in [1.29, 1.82) is 0 Å². The number of amides is 2. The molecule has 0 unspecified atom stereocenters. The second kappa shape index (κ2) is 9.41. The SMILES string of the molecule is Cc1nc(-c2ccccc2)ncc1C(=O)Nc1ccc(Cl)c(NC(=O)c2ccccc2)c1. The van der Waals surface area contributed by atoms with Gasteiger partial charge in [-0.25, -0.2) is 9.97 Å². The van der Waals surface area contributed by atoms with Gasteiger partial charge in [0.2, 0.25) is 0 Å². The Morgan fingerprint density at radius 2 is 1.53 bits per heavy atom. The lowest BCUT2D eigenvalue weighted by Gasteiger charge is -2.12. The molecule has 7 heteroatoms.